The van der Waals surface area contributed by atoms with E-state index in [1.54, 1.807) is 6.07 Å². The minimum absolute atomic E-state index is 0.182. The Morgan fingerprint density at radius 3 is 2.50 bits per heavy atom. The lowest BCUT2D eigenvalue weighted by Crippen LogP contribution is -2.29. The molecule has 0 bridgehead atoms. The van der Waals surface area contributed by atoms with Crippen LogP contribution in [0, 0.1) is 12.8 Å². The molecule has 1 aromatic carbocycles. The normalized spacial score (nSPS) is 12.9. The van der Waals surface area contributed by atoms with E-state index in [4.69, 9.17) is 0 Å². The molecule has 1 aromatic rings. The lowest BCUT2D eigenvalue weighted by atomic mass is 9.99. The summed E-state index contributed by atoms with van der Waals surface area (Å²) in [4.78, 5) is 12.5. The number of unbranched alkanes of at least 4 members (excludes halogenated alkanes) is 1. The molecule has 1 N–H and O–H groups in total. The van der Waals surface area contributed by atoms with Crippen molar-refractivity contribution in [3.63, 3.8) is 0 Å². The topological polar surface area (TPSA) is 63.2 Å². The summed E-state index contributed by atoms with van der Waals surface area (Å²) in [5, 5.41) is 2.94. The summed E-state index contributed by atoms with van der Waals surface area (Å²) in [5.74, 6) is 0.278. The van der Waals surface area contributed by atoms with E-state index in [-0.39, 0.29) is 10.8 Å². The summed E-state index contributed by atoms with van der Waals surface area (Å²) in [6.45, 7) is 6.74. The fourth-order valence-corrected chi connectivity index (χ4v) is 3.00. The first-order chi connectivity index (χ1) is 10.3. The maximum Gasteiger partial charge on any atom is 0.251 e. The summed E-state index contributed by atoms with van der Waals surface area (Å²) in [6.07, 6.45) is 5.60. The molecule has 22 heavy (non-hydrogen) atoms. The number of carbonyl (C=O) groups excluding carboxylic acids is 1. The Morgan fingerprint density at radius 1 is 1.27 bits per heavy atom. The Hall–Kier alpha value is -1.36. The number of sulfone groups is 1. The SMILES string of the molecule is CCCCC(CC)CNC(=O)c1cc(S(C)(=O)=O)ccc1C. The van der Waals surface area contributed by atoms with E-state index in [1.165, 1.54) is 12.1 Å². The first kappa shape index (κ1) is 18.7. The smallest absolute Gasteiger partial charge is 0.251 e. The number of benzene rings is 1. The summed E-state index contributed by atoms with van der Waals surface area (Å²) in [7, 11) is -3.30. The average molecular weight is 325 g/mol. The fraction of sp³-hybridized carbons (Fsp3) is 0.588. The van der Waals surface area contributed by atoms with E-state index in [1.807, 2.05) is 6.92 Å². The van der Waals surface area contributed by atoms with Crippen LogP contribution in [0.25, 0.3) is 0 Å². The Kier molecular flexibility index (Phi) is 7.07. The van der Waals surface area contributed by atoms with Crippen LogP contribution in [-0.2, 0) is 9.84 Å². The maximum atomic E-state index is 12.3. The van der Waals surface area contributed by atoms with Crippen molar-refractivity contribution in [2.75, 3.05) is 12.8 Å². The van der Waals surface area contributed by atoms with E-state index in [0.717, 1.165) is 37.5 Å². The van der Waals surface area contributed by atoms with Gasteiger partial charge in [-0.2, -0.15) is 0 Å². The van der Waals surface area contributed by atoms with Crippen LogP contribution in [0.2, 0.25) is 0 Å². The molecule has 0 aliphatic carbocycles. The van der Waals surface area contributed by atoms with Gasteiger partial charge in [0.1, 0.15) is 0 Å². The third kappa shape index (κ3) is 5.44. The van der Waals surface area contributed by atoms with Gasteiger partial charge < -0.3 is 5.32 Å². The zero-order chi connectivity index (χ0) is 16.8. The molecule has 0 aliphatic rings. The second-order valence-corrected chi connectivity index (χ2v) is 7.89. The van der Waals surface area contributed by atoms with Crippen molar-refractivity contribution in [2.45, 2.75) is 51.3 Å². The van der Waals surface area contributed by atoms with Crippen LogP contribution in [0.5, 0.6) is 0 Å². The third-order valence-corrected chi connectivity index (χ3v) is 5.09. The predicted molar refractivity (Wildman–Crippen MR) is 89.9 cm³/mol. The van der Waals surface area contributed by atoms with Gasteiger partial charge in [-0.25, -0.2) is 8.42 Å². The number of hydrogen-bond donors (Lipinski definition) is 1. The Morgan fingerprint density at radius 2 is 1.95 bits per heavy atom. The van der Waals surface area contributed by atoms with E-state index in [2.05, 4.69) is 19.2 Å². The molecule has 1 unspecified atom stereocenters. The standard InChI is InChI=1S/C17H27NO3S/c1-5-7-8-14(6-2)12-18-17(19)16-11-15(22(4,20)21)10-9-13(16)3/h9-11,14H,5-8,12H2,1-4H3,(H,18,19). The second-order valence-electron chi connectivity index (χ2n) is 5.88. The lowest BCUT2D eigenvalue weighted by molar-refractivity contribution is 0.0945. The van der Waals surface area contributed by atoms with Crippen molar-refractivity contribution in [3.8, 4) is 0 Å². The van der Waals surface area contributed by atoms with Crippen molar-refractivity contribution in [3.05, 3.63) is 29.3 Å². The van der Waals surface area contributed by atoms with Gasteiger partial charge in [0, 0.05) is 18.4 Å². The van der Waals surface area contributed by atoms with E-state index in [9.17, 15) is 13.2 Å². The van der Waals surface area contributed by atoms with Crippen LogP contribution in [0.1, 0.15) is 55.5 Å². The number of aryl methyl sites for hydroxylation is 1. The van der Waals surface area contributed by atoms with Gasteiger partial charge in [-0.15, -0.1) is 0 Å². The van der Waals surface area contributed by atoms with Gasteiger partial charge in [0.05, 0.1) is 4.90 Å². The van der Waals surface area contributed by atoms with Crippen LogP contribution in [0.15, 0.2) is 23.1 Å². The van der Waals surface area contributed by atoms with Crippen molar-refractivity contribution in [2.24, 2.45) is 5.92 Å². The van der Waals surface area contributed by atoms with Gasteiger partial charge in [-0.1, -0.05) is 39.2 Å². The van der Waals surface area contributed by atoms with Crippen LogP contribution >= 0.6 is 0 Å². The molecule has 0 saturated heterocycles. The summed E-state index contributed by atoms with van der Waals surface area (Å²) < 4.78 is 23.2. The maximum absolute atomic E-state index is 12.3. The van der Waals surface area contributed by atoms with Crippen LogP contribution in [0.3, 0.4) is 0 Å². The number of amides is 1. The van der Waals surface area contributed by atoms with Crippen molar-refractivity contribution >= 4 is 15.7 Å². The molecule has 1 atom stereocenters. The number of rotatable bonds is 8. The molecule has 1 amide bonds. The molecule has 0 heterocycles. The second kappa shape index (κ2) is 8.32. The predicted octanol–water partition coefficient (Wildman–Crippen LogP) is 3.34. The Labute approximate surface area is 134 Å². The van der Waals surface area contributed by atoms with Gasteiger partial charge >= 0.3 is 0 Å². The van der Waals surface area contributed by atoms with E-state index < -0.39 is 9.84 Å². The highest BCUT2D eigenvalue weighted by Gasteiger charge is 2.15. The molecule has 0 aliphatic heterocycles. The molecule has 124 valence electrons. The first-order valence-corrected chi connectivity index (χ1v) is 9.77. The molecule has 0 saturated carbocycles. The molecule has 0 spiro atoms. The molecule has 5 heteroatoms. The summed E-state index contributed by atoms with van der Waals surface area (Å²) >= 11 is 0. The molecular formula is C17H27NO3S. The monoisotopic (exact) mass is 325 g/mol. The first-order valence-electron chi connectivity index (χ1n) is 7.88. The number of hydrogen-bond acceptors (Lipinski definition) is 3. The zero-order valence-electron chi connectivity index (χ0n) is 14.0. The van der Waals surface area contributed by atoms with Crippen molar-refractivity contribution < 1.29 is 13.2 Å². The largest absolute Gasteiger partial charge is 0.352 e. The minimum Gasteiger partial charge on any atom is -0.352 e. The van der Waals surface area contributed by atoms with E-state index >= 15 is 0 Å². The molecule has 0 fully saturated rings. The third-order valence-electron chi connectivity index (χ3n) is 3.98. The number of carbonyl (C=O) groups is 1. The molecule has 4 nitrogen and oxygen atoms in total. The van der Waals surface area contributed by atoms with Gasteiger partial charge in [0.2, 0.25) is 0 Å². The molecule has 0 radical (unpaired) electrons. The van der Waals surface area contributed by atoms with Crippen LogP contribution in [-0.4, -0.2) is 27.1 Å². The summed E-state index contributed by atoms with van der Waals surface area (Å²) in [5.41, 5.74) is 1.22. The van der Waals surface area contributed by atoms with Gasteiger partial charge in [-0.3, -0.25) is 4.79 Å². The van der Waals surface area contributed by atoms with E-state index in [0.29, 0.717) is 18.0 Å². The highest BCUT2D eigenvalue weighted by atomic mass is 32.2. The quantitative estimate of drug-likeness (QED) is 0.797. The van der Waals surface area contributed by atoms with Gasteiger partial charge in [0.25, 0.3) is 5.91 Å². The van der Waals surface area contributed by atoms with Crippen molar-refractivity contribution in [1.29, 1.82) is 0 Å². The van der Waals surface area contributed by atoms with Crippen molar-refractivity contribution in [1.82, 2.24) is 5.32 Å². The highest BCUT2D eigenvalue weighted by molar-refractivity contribution is 7.90. The fourth-order valence-electron chi connectivity index (χ4n) is 2.35. The minimum atomic E-state index is -3.30. The van der Waals surface area contributed by atoms with Crippen LogP contribution < -0.4 is 5.32 Å². The van der Waals surface area contributed by atoms with Gasteiger partial charge in [0.15, 0.2) is 9.84 Å². The average Bonchev–Trinajstić information content (AvgIpc) is 2.46. The summed E-state index contributed by atoms with van der Waals surface area (Å²) in [6, 6.07) is 4.68. The highest BCUT2D eigenvalue weighted by Crippen LogP contribution is 2.16. The molecule has 0 aromatic heterocycles. The van der Waals surface area contributed by atoms with Gasteiger partial charge in [-0.05, 0) is 37.0 Å². The Balaban J connectivity index is 2.81. The number of nitrogens with one attached hydrogen (secondary N) is 1. The Bertz CT molecular complexity index is 608. The lowest BCUT2D eigenvalue weighted by Gasteiger charge is -2.16. The molecular weight excluding hydrogens is 298 g/mol. The molecule has 1 rings (SSSR count). The van der Waals surface area contributed by atoms with Crippen LogP contribution in [0.4, 0.5) is 0 Å². The zero-order valence-corrected chi connectivity index (χ0v) is 14.8.